The molecule has 1 saturated heterocycles. The Hall–Kier alpha value is -2.52. The molecule has 1 amide bonds. The maximum Gasteiger partial charge on any atom is 0.246 e. The van der Waals surface area contributed by atoms with Gasteiger partial charge in [0.1, 0.15) is 6.54 Å². The SMILES string of the molecule is C#Cc1cccc(NC(=O)CN=C(NCC)N2CC[C@@H](O)C2)c1. The minimum atomic E-state index is -0.334. The topological polar surface area (TPSA) is 77.0 Å². The number of carbonyl (C=O) groups excluding carboxylic acids is 1. The minimum Gasteiger partial charge on any atom is -0.391 e. The fourth-order valence-electron chi connectivity index (χ4n) is 2.39. The van der Waals surface area contributed by atoms with Crippen LogP contribution in [0.25, 0.3) is 0 Å². The Balaban J connectivity index is 1.95. The molecule has 1 aliphatic rings. The van der Waals surface area contributed by atoms with E-state index >= 15 is 0 Å². The van der Waals surface area contributed by atoms with E-state index in [4.69, 9.17) is 6.42 Å². The molecule has 0 unspecified atom stereocenters. The maximum atomic E-state index is 12.0. The average molecular weight is 314 g/mol. The van der Waals surface area contributed by atoms with Gasteiger partial charge in [0.25, 0.3) is 0 Å². The second kappa shape index (κ2) is 8.20. The zero-order valence-electron chi connectivity index (χ0n) is 13.2. The Morgan fingerprint density at radius 3 is 3.04 bits per heavy atom. The lowest BCUT2D eigenvalue weighted by Gasteiger charge is -2.20. The molecule has 1 atom stereocenters. The summed E-state index contributed by atoms with van der Waals surface area (Å²) in [7, 11) is 0. The highest BCUT2D eigenvalue weighted by Crippen LogP contribution is 2.10. The molecule has 6 heteroatoms. The first-order valence-electron chi connectivity index (χ1n) is 7.70. The largest absolute Gasteiger partial charge is 0.391 e. The van der Waals surface area contributed by atoms with E-state index in [2.05, 4.69) is 21.5 Å². The van der Waals surface area contributed by atoms with Gasteiger partial charge in [-0.1, -0.05) is 12.0 Å². The molecule has 0 aliphatic carbocycles. The van der Waals surface area contributed by atoms with E-state index in [1.165, 1.54) is 0 Å². The molecule has 1 fully saturated rings. The Labute approximate surface area is 136 Å². The number of anilines is 1. The molecule has 0 spiro atoms. The van der Waals surface area contributed by atoms with Gasteiger partial charge >= 0.3 is 0 Å². The summed E-state index contributed by atoms with van der Waals surface area (Å²) in [6.45, 7) is 3.95. The molecule has 0 bridgehead atoms. The number of hydrogen-bond donors (Lipinski definition) is 3. The molecule has 0 saturated carbocycles. The molecular weight excluding hydrogens is 292 g/mol. The van der Waals surface area contributed by atoms with Crippen molar-refractivity contribution in [3.05, 3.63) is 29.8 Å². The predicted octanol–water partition coefficient (Wildman–Crippen LogP) is 0.638. The van der Waals surface area contributed by atoms with E-state index in [-0.39, 0.29) is 18.6 Å². The molecule has 23 heavy (non-hydrogen) atoms. The lowest BCUT2D eigenvalue weighted by molar-refractivity contribution is -0.114. The maximum absolute atomic E-state index is 12.0. The van der Waals surface area contributed by atoms with Crippen molar-refractivity contribution in [3.8, 4) is 12.3 Å². The van der Waals surface area contributed by atoms with Crippen molar-refractivity contribution in [2.45, 2.75) is 19.4 Å². The van der Waals surface area contributed by atoms with Crippen molar-refractivity contribution >= 4 is 17.6 Å². The number of aliphatic imine (C=N–C) groups is 1. The third kappa shape index (κ3) is 5.01. The van der Waals surface area contributed by atoms with E-state index in [1.807, 2.05) is 11.8 Å². The number of nitrogens with one attached hydrogen (secondary N) is 2. The van der Waals surface area contributed by atoms with Crippen molar-refractivity contribution in [1.82, 2.24) is 10.2 Å². The van der Waals surface area contributed by atoms with Gasteiger partial charge in [-0.3, -0.25) is 4.79 Å². The summed E-state index contributed by atoms with van der Waals surface area (Å²) in [5, 5.41) is 15.5. The van der Waals surface area contributed by atoms with Gasteiger partial charge in [-0.05, 0) is 31.5 Å². The summed E-state index contributed by atoms with van der Waals surface area (Å²) in [4.78, 5) is 18.3. The summed E-state index contributed by atoms with van der Waals surface area (Å²) in [5.41, 5.74) is 1.37. The smallest absolute Gasteiger partial charge is 0.246 e. The highest BCUT2D eigenvalue weighted by molar-refractivity contribution is 5.94. The number of aliphatic hydroxyl groups is 1. The van der Waals surface area contributed by atoms with Crippen molar-refractivity contribution in [2.75, 3.05) is 31.5 Å². The van der Waals surface area contributed by atoms with Gasteiger partial charge in [-0.2, -0.15) is 0 Å². The van der Waals surface area contributed by atoms with Gasteiger partial charge in [0.05, 0.1) is 6.10 Å². The highest BCUT2D eigenvalue weighted by Gasteiger charge is 2.22. The zero-order chi connectivity index (χ0) is 16.7. The molecule has 2 rings (SSSR count). The molecule has 0 radical (unpaired) electrons. The molecule has 1 aliphatic heterocycles. The number of terminal acetylenes is 1. The number of carbonyl (C=O) groups is 1. The average Bonchev–Trinajstić information content (AvgIpc) is 2.98. The fourth-order valence-corrected chi connectivity index (χ4v) is 2.39. The van der Waals surface area contributed by atoms with Crippen LogP contribution in [0.2, 0.25) is 0 Å². The van der Waals surface area contributed by atoms with Crippen LogP contribution in [-0.2, 0) is 4.79 Å². The third-order valence-corrected chi connectivity index (χ3v) is 3.48. The van der Waals surface area contributed by atoms with Crippen LogP contribution in [0.1, 0.15) is 18.9 Å². The van der Waals surface area contributed by atoms with Crippen LogP contribution in [0.5, 0.6) is 0 Å². The first-order valence-corrected chi connectivity index (χ1v) is 7.70. The Bertz CT molecular complexity index is 621. The van der Waals surface area contributed by atoms with Crippen LogP contribution >= 0.6 is 0 Å². The minimum absolute atomic E-state index is 0.00914. The number of likely N-dealkylation sites (tertiary alicyclic amines) is 1. The van der Waals surface area contributed by atoms with E-state index in [0.29, 0.717) is 30.3 Å². The van der Waals surface area contributed by atoms with Crippen LogP contribution in [0.3, 0.4) is 0 Å². The summed E-state index contributed by atoms with van der Waals surface area (Å²) in [5.74, 6) is 2.97. The van der Waals surface area contributed by atoms with Crippen LogP contribution < -0.4 is 10.6 Å². The first kappa shape index (κ1) is 16.8. The fraction of sp³-hybridized carbons (Fsp3) is 0.412. The van der Waals surface area contributed by atoms with Gasteiger partial charge < -0.3 is 20.6 Å². The number of hydrogen-bond acceptors (Lipinski definition) is 3. The monoisotopic (exact) mass is 314 g/mol. The Kier molecular flexibility index (Phi) is 6.01. The molecule has 0 aromatic heterocycles. The Morgan fingerprint density at radius 2 is 2.39 bits per heavy atom. The summed E-state index contributed by atoms with van der Waals surface area (Å²) < 4.78 is 0. The number of rotatable bonds is 4. The third-order valence-electron chi connectivity index (χ3n) is 3.48. The van der Waals surface area contributed by atoms with E-state index in [9.17, 15) is 9.90 Å². The molecule has 122 valence electrons. The second-order valence-electron chi connectivity index (χ2n) is 5.33. The molecule has 1 aromatic carbocycles. The van der Waals surface area contributed by atoms with Gasteiger partial charge in [0.15, 0.2) is 5.96 Å². The van der Waals surface area contributed by atoms with Crippen LogP contribution in [0, 0.1) is 12.3 Å². The lowest BCUT2D eigenvalue weighted by Crippen LogP contribution is -2.41. The molecule has 3 N–H and O–H groups in total. The van der Waals surface area contributed by atoms with Gasteiger partial charge in [0.2, 0.25) is 5.91 Å². The van der Waals surface area contributed by atoms with Gasteiger partial charge in [0, 0.05) is 30.9 Å². The quantitative estimate of drug-likeness (QED) is 0.433. The molecule has 1 heterocycles. The molecule has 1 aromatic rings. The number of aliphatic hydroxyl groups excluding tert-OH is 1. The lowest BCUT2D eigenvalue weighted by atomic mass is 10.2. The van der Waals surface area contributed by atoms with Crippen molar-refractivity contribution < 1.29 is 9.90 Å². The van der Waals surface area contributed by atoms with Crippen LogP contribution in [-0.4, -0.2) is 54.2 Å². The van der Waals surface area contributed by atoms with E-state index in [1.54, 1.807) is 24.3 Å². The van der Waals surface area contributed by atoms with Gasteiger partial charge in [-0.15, -0.1) is 6.42 Å². The zero-order valence-corrected chi connectivity index (χ0v) is 13.2. The summed E-state index contributed by atoms with van der Waals surface area (Å²) in [6.07, 6.45) is 5.73. The van der Waals surface area contributed by atoms with Gasteiger partial charge in [-0.25, -0.2) is 4.99 Å². The van der Waals surface area contributed by atoms with E-state index in [0.717, 1.165) is 13.0 Å². The number of guanidine groups is 1. The normalized spacial score (nSPS) is 17.7. The number of β-amino-alcohol motifs (C(OH)–C–C–N with tert-alkyl or cyclic N) is 1. The summed E-state index contributed by atoms with van der Waals surface area (Å²) in [6, 6.07) is 7.12. The van der Waals surface area contributed by atoms with Crippen molar-refractivity contribution in [1.29, 1.82) is 0 Å². The van der Waals surface area contributed by atoms with Crippen LogP contribution in [0.4, 0.5) is 5.69 Å². The highest BCUT2D eigenvalue weighted by atomic mass is 16.3. The van der Waals surface area contributed by atoms with Crippen molar-refractivity contribution in [3.63, 3.8) is 0 Å². The first-order chi connectivity index (χ1) is 11.1. The Morgan fingerprint density at radius 1 is 1.57 bits per heavy atom. The number of benzene rings is 1. The van der Waals surface area contributed by atoms with Crippen LogP contribution in [0.15, 0.2) is 29.3 Å². The summed E-state index contributed by atoms with van der Waals surface area (Å²) >= 11 is 0. The number of amides is 1. The van der Waals surface area contributed by atoms with E-state index < -0.39 is 0 Å². The standard InChI is InChI=1S/C17H22N4O2/c1-3-13-6-5-7-14(10-13)20-16(23)11-19-17(18-4-2)21-9-8-15(22)12-21/h1,5-7,10,15,22H,4,8-9,11-12H2,2H3,(H,18,19)(H,20,23)/t15-/m1/s1. The predicted molar refractivity (Wildman–Crippen MR) is 91.2 cm³/mol. The molecule has 6 nitrogen and oxygen atoms in total. The molecular formula is C17H22N4O2. The van der Waals surface area contributed by atoms with Crippen molar-refractivity contribution in [2.24, 2.45) is 4.99 Å². The second-order valence-corrected chi connectivity index (χ2v) is 5.33. The number of nitrogens with zero attached hydrogens (tertiary/aromatic N) is 2.